The van der Waals surface area contributed by atoms with Crippen LogP contribution in [0.1, 0.15) is 39.0 Å². The van der Waals surface area contributed by atoms with Crippen molar-refractivity contribution < 1.29 is 9.53 Å². The molecule has 0 aromatic carbocycles. The van der Waals surface area contributed by atoms with Gasteiger partial charge in [-0.25, -0.2) is 0 Å². The SMILES string of the molecule is CC(=O)OC12CC3CC(CC(C3)C1Cl)C2. The Bertz CT molecular complexity index is 288. The van der Waals surface area contributed by atoms with Crippen LogP contribution in [-0.4, -0.2) is 16.9 Å². The molecule has 0 aromatic rings. The highest BCUT2D eigenvalue weighted by Gasteiger charge is 2.58. The second kappa shape index (κ2) is 3.13. The Balaban J connectivity index is 1.90. The maximum Gasteiger partial charge on any atom is 0.303 e. The molecular weight excluding hydrogens is 212 g/mol. The Hall–Kier alpha value is -0.240. The van der Waals surface area contributed by atoms with Crippen LogP contribution in [-0.2, 0) is 9.53 Å². The van der Waals surface area contributed by atoms with Crippen molar-refractivity contribution >= 4 is 17.6 Å². The first kappa shape index (κ1) is 9.95. The largest absolute Gasteiger partial charge is 0.458 e. The zero-order valence-electron chi connectivity index (χ0n) is 9.04. The van der Waals surface area contributed by atoms with E-state index in [1.807, 2.05) is 0 Å². The van der Waals surface area contributed by atoms with E-state index in [9.17, 15) is 4.79 Å². The van der Waals surface area contributed by atoms with Crippen LogP contribution in [0, 0.1) is 17.8 Å². The van der Waals surface area contributed by atoms with Gasteiger partial charge in [-0.1, -0.05) is 0 Å². The zero-order valence-corrected chi connectivity index (χ0v) is 9.80. The maximum absolute atomic E-state index is 11.2. The smallest absolute Gasteiger partial charge is 0.303 e. The molecule has 2 nitrogen and oxygen atoms in total. The van der Waals surface area contributed by atoms with Gasteiger partial charge in [-0.2, -0.15) is 0 Å². The van der Waals surface area contributed by atoms with Gasteiger partial charge in [0.15, 0.2) is 0 Å². The zero-order chi connectivity index (χ0) is 10.6. The molecule has 4 aliphatic rings. The van der Waals surface area contributed by atoms with Gasteiger partial charge in [0.25, 0.3) is 0 Å². The van der Waals surface area contributed by atoms with Crippen LogP contribution in [0.15, 0.2) is 0 Å². The van der Waals surface area contributed by atoms with Gasteiger partial charge in [0.05, 0.1) is 5.38 Å². The number of esters is 1. The number of ether oxygens (including phenoxy) is 1. The number of alkyl halides is 1. The lowest BCUT2D eigenvalue weighted by Gasteiger charge is -2.58. The predicted octanol–water partition coefficient (Wildman–Crippen LogP) is 2.74. The van der Waals surface area contributed by atoms with Crippen molar-refractivity contribution in [3.63, 3.8) is 0 Å². The molecule has 0 radical (unpaired) electrons. The number of carbonyl (C=O) groups excluding carboxylic acids is 1. The fraction of sp³-hybridized carbons (Fsp3) is 0.917. The van der Waals surface area contributed by atoms with Crippen LogP contribution in [0.2, 0.25) is 0 Å². The lowest BCUT2D eigenvalue weighted by molar-refractivity contribution is -0.182. The summed E-state index contributed by atoms with van der Waals surface area (Å²) in [5, 5.41) is 0.0641. The summed E-state index contributed by atoms with van der Waals surface area (Å²) in [6.07, 6.45) is 5.87. The van der Waals surface area contributed by atoms with E-state index in [2.05, 4.69) is 0 Å². The minimum absolute atomic E-state index is 0.0641. The monoisotopic (exact) mass is 228 g/mol. The lowest BCUT2D eigenvalue weighted by atomic mass is 9.54. The van der Waals surface area contributed by atoms with E-state index in [1.54, 1.807) is 0 Å². The Labute approximate surface area is 95.3 Å². The van der Waals surface area contributed by atoms with Crippen molar-refractivity contribution in [1.29, 1.82) is 0 Å². The van der Waals surface area contributed by atoms with Gasteiger partial charge in [0.1, 0.15) is 5.60 Å². The third-order valence-corrected chi connectivity index (χ3v) is 5.22. The third-order valence-electron chi connectivity index (χ3n) is 4.47. The van der Waals surface area contributed by atoms with Gasteiger partial charge in [-0.3, -0.25) is 4.79 Å². The second-order valence-corrected chi connectivity index (χ2v) is 6.14. The van der Waals surface area contributed by atoms with E-state index in [0.717, 1.165) is 24.7 Å². The molecule has 3 unspecified atom stereocenters. The van der Waals surface area contributed by atoms with E-state index < -0.39 is 0 Å². The van der Waals surface area contributed by atoms with Gasteiger partial charge in [-0.15, -0.1) is 11.6 Å². The van der Waals surface area contributed by atoms with Crippen molar-refractivity contribution in [1.82, 2.24) is 0 Å². The van der Waals surface area contributed by atoms with E-state index >= 15 is 0 Å². The second-order valence-electron chi connectivity index (χ2n) is 5.67. The molecule has 4 fully saturated rings. The van der Waals surface area contributed by atoms with Crippen LogP contribution in [0.25, 0.3) is 0 Å². The van der Waals surface area contributed by atoms with Crippen LogP contribution in [0.3, 0.4) is 0 Å². The molecule has 3 heteroatoms. The van der Waals surface area contributed by atoms with Crippen molar-refractivity contribution in [3.8, 4) is 0 Å². The maximum atomic E-state index is 11.2. The number of rotatable bonds is 1. The molecule has 4 rings (SSSR count). The van der Waals surface area contributed by atoms with Gasteiger partial charge in [0, 0.05) is 6.92 Å². The predicted molar refractivity (Wildman–Crippen MR) is 57.7 cm³/mol. The van der Waals surface area contributed by atoms with E-state index in [-0.39, 0.29) is 16.9 Å². The first-order valence-electron chi connectivity index (χ1n) is 5.93. The molecule has 15 heavy (non-hydrogen) atoms. The third kappa shape index (κ3) is 1.41. The molecule has 0 N–H and O–H groups in total. The number of hydrogen-bond acceptors (Lipinski definition) is 2. The molecule has 3 atom stereocenters. The van der Waals surface area contributed by atoms with E-state index in [1.165, 1.54) is 26.2 Å². The fourth-order valence-corrected chi connectivity index (χ4v) is 4.76. The quantitative estimate of drug-likeness (QED) is 0.510. The molecule has 0 spiro atoms. The molecule has 0 saturated heterocycles. The van der Waals surface area contributed by atoms with Crippen LogP contribution in [0.4, 0.5) is 0 Å². The van der Waals surface area contributed by atoms with Gasteiger partial charge in [0.2, 0.25) is 0 Å². The van der Waals surface area contributed by atoms with Crippen molar-refractivity contribution in [2.75, 3.05) is 0 Å². The first-order valence-corrected chi connectivity index (χ1v) is 6.36. The Morgan fingerprint density at radius 3 is 2.40 bits per heavy atom. The molecule has 4 saturated carbocycles. The average Bonchev–Trinajstić information content (AvgIpc) is 2.11. The first-order chi connectivity index (χ1) is 7.09. The van der Waals surface area contributed by atoms with Gasteiger partial charge in [-0.05, 0) is 49.9 Å². The summed E-state index contributed by atoms with van der Waals surface area (Å²) in [6, 6.07) is 0. The molecule has 4 aliphatic carbocycles. The van der Waals surface area contributed by atoms with Crippen molar-refractivity contribution in [2.24, 2.45) is 17.8 Å². The Morgan fingerprint density at radius 2 is 1.87 bits per heavy atom. The summed E-state index contributed by atoms with van der Waals surface area (Å²) >= 11 is 6.49. The lowest BCUT2D eigenvalue weighted by Crippen LogP contribution is -2.60. The highest BCUT2D eigenvalue weighted by atomic mass is 35.5. The summed E-state index contributed by atoms with van der Waals surface area (Å²) < 4.78 is 5.59. The molecule has 0 amide bonds. The number of hydrogen-bond donors (Lipinski definition) is 0. The van der Waals surface area contributed by atoms with Gasteiger partial charge >= 0.3 is 5.97 Å². The minimum atomic E-state index is -0.303. The van der Waals surface area contributed by atoms with Crippen molar-refractivity contribution in [3.05, 3.63) is 0 Å². The van der Waals surface area contributed by atoms with E-state index in [0.29, 0.717) is 5.92 Å². The molecule has 0 aliphatic heterocycles. The summed E-state index contributed by atoms with van der Waals surface area (Å²) in [5.41, 5.74) is -0.303. The molecule has 84 valence electrons. The average molecular weight is 229 g/mol. The number of halogens is 1. The molecule has 0 aromatic heterocycles. The highest BCUT2D eigenvalue weighted by Crippen LogP contribution is 2.58. The normalized spacial score (nSPS) is 51.9. The number of carbonyl (C=O) groups is 1. The van der Waals surface area contributed by atoms with E-state index in [4.69, 9.17) is 16.3 Å². The van der Waals surface area contributed by atoms with Crippen LogP contribution < -0.4 is 0 Å². The topological polar surface area (TPSA) is 26.3 Å². The van der Waals surface area contributed by atoms with Crippen molar-refractivity contribution in [2.45, 2.75) is 50.0 Å². The molecule has 0 heterocycles. The highest BCUT2D eigenvalue weighted by molar-refractivity contribution is 6.21. The molecule has 4 bridgehead atoms. The Kier molecular flexibility index (Phi) is 2.08. The fourth-order valence-electron chi connectivity index (χ4n) is 4.33. The van der Waals surface area contributed by atoms with Crippen LogP contribution >= 0.6 is 11.6 Å². The summed E-state index contributed by atoms with van der Waals surface area (Å²) in [6.45, 7) is 1.50. The Morgan fingerprint density at radius 1 is 1.27 bits per heavy atom. The molecular formula is C12H17ClO2. The standard InChI is InChI=1S/C12H17ClO2/c1-7(14)15-12-5-8-2-9(6-12)4-10(3-8)11(12)13/h8-11H,2-6H2,1H3. The summed E-state index contributed by atoms with van der Waals surface area (Å²) in [7, 11) is 0. The summed E-state index contributed by atoms with van der Waals surface area (Å²) in [4.78, 5) is 11.2. The summed E-state index contributed by atoms with van der Waals surface area (Å²) in [5.74, 6) is 1.95. The minimum Gasteiger partial charge on any atom is -0.458 e. The van der Waals surface area contributed by atoms with Crippen LogP contribution in [0.5, 0.6) is 0 Å². The van der Waals surface area contributed by atoms with Gasteiger partial charge < -0.3 is 4.74 Å².